The zero-order valence-corrected chi connectivity index (χ0v) is 16.7. The Kier molecular flexibility index (Phi) is 5.76. The van der Waals surface area contributed by atoms with Crippen molar-refractivity contribution < 1.29 is 59.5 Å². The zero-order valence-electron chi connectivity index (χ0n) is 16.7. The first-order valence-corrected chi connectivity index (χ1v) is 9.74. The van der Waals surface area contributed by atoms with Crippen LogP contribution in [0.4, 0.5) is 0 Å². The lowest BCUT2D eigenvalue weighted by Crippen LogP contribution is -2.61. The van der Waals surface area contributed by atoms with Crippen molar-refractivity contribution in [2.24, 2.45) is 0 Å². The maximum absolute atomic E-state index is 12.6. The highest BCUT2D eigenvalue weighted by molar-refractivity contribution is 6.02. The van der Waals surface area contributed by atoms with E-state index in [-0.39, 0.29) is 29.2 Å². The van der Waals surface area contributed by atoms with Crippen molar-refractivity contribution >= 4 is 11.8 Å². The molecule has 0 spiro atoms. The number of hydrogen-bond acceptors (Lipinski definition) is 11. The average molecular weight is 464 g/mol. The Bertz CT molecular complexity index is 1100. The molecule has 0 aromatic heterocycles. The SMILES string of the molecule is O=C1CC(c2ccc(O)c(O)c2)Oc2cc(O[C@@H]3O[C@H](C(=O)O)[C@@H](O)[C@H](O)[C@H]3O)cc(O)c21. The molecule has 1 fully saturated rings. The van der Waals surface area contributed by atoms with Crippen molar-refractivity contribution in [3.05, 3.63) is 41.5 Å². The first kappa shape index (κ1) is 22.6. The molecule has 1 unspecified atom stereocenters. The number of rotatable bonds is 4. The molecule has 0 amide bonds. The quantitative estimate of drug-likeness (QED) is 0.294. The van der Waals surface area contributed by atoms with E-state index >= 15 is 0 Å². The number of phenols is 3. The van der Waals surface area contributed by atoms with Gasteiger partial charge in [0.05, 0.1) is 6.42 Å². The van der Waals surface area contributed by atoms with E-state index in [4.69, 9.17) is 19.3 Å². The number of phenolic OH excluding ortho intramolecular Hbond substituents is 3. The number of carboxylic acids is 1. The standard InChI is InChI=1S/C21H20O12/c22-9-2-1-7(3-10(9)23)13-6-12(25)15-11(24)4-8(5-14(15)32-13)31-21-18(28)16(26)17(27)19(33-21)20(29)30/h1-5,13,16-19,21-24,26-28H,6H2,(H,29,30)/t13?,16-,17-,18+,19-,21+/m0/s1. The molecule has 6 atom stereocenters. The first-order valence-electron chi connectivity index (χ1n) is 9.74. The van der Waals surface area contributed by atoms with Crippen LogP contribution in [0.25, 0.3) is 0 Å². The van der Waals surface area contributed by atoms with Crippen LogP contribution >= 0.6 is 0 Å². The van der Waals surface area contributed by atoms with Gasteiger partial charge in [0.25, 0.3) is 0 Å². The summed E-state index contributed by atoms with van der Waals surface area (Å²) >= 11 is 0. The zero-order chi connectivity index (χ0) is 24.0. The number of carbonyl (C=O) groups excluding carboxylic acids is 1. The Balaban J connectivity index is 1.61. The van der Waals surface area contributed by atoms with Crippen molar-refractivity contribution in [2.75, 3.05) is 0 Å². The van der Waals surface area contributed by atoms with Gasteiger partial charge in [-0.1, -0.05) is 6.07 Å². The van der Waals surface area contributed by atoms with Crippen molar-refractivity contribution in [2.45, 2.75) is 43.2 Å². The summed E-state index contributed by atoms with van der Waals surface area (Å²) in [5.41, 5.74) is 0.244. The van der Waals surface area contributed by atoms with Gasteiger partial charge >= 0.3 is 5.97 Å². The monoisotopic (exact) mass is 464 g/mol. The Morgan fingerprint density at radius 3 is 2.33 bits per heavy atom. The number of ether oxygens (including phenoxy) is 3. The van der Waals surface area contributed by atoms with Crippen molar-refractivity contribution in [1.82, 2.24) is 0 Å². The molecule has 4 rings (SSSR count). The number of hydrogen-bond donors (Lipinski definition) is 7. The van der Waals surface area contributed by atoms with Gasteiger partial charge in [-0.3, -0.25) is 4.79 Å². The lowest BCUT2D eigenvalue weighted by Gasteiger charge is -2.38. The van der Waals surface area contributed by atoms with Crippen LogP contribution in [0.2, 0.25) is 0 Å². The van der Waals surface area contributed by atoms with Gasteiger partial charge in [0.1, 0.15) is 47.2 Å². The lowest BCUT2D eigenvalue weighted by atomic mass is 9.95. The van der Waals surface area contributed by atoms with Crippen LogP contribution in [0.1, 0.15) is 28.4 Å². The van der Waals surface area contributed by atoms with Gasteiger partial charge in [0, 0.05) is 12.1 Å². The molecule has 2 aliphatic rings. The fourth-order valence-electron chi connectivity index (χ4n) is 3.69. The lowest BCUT2D eigenvalue weighted by molar-refractivity contribution is -0.271. The number of carbonyl (C=O) groups is 2. The number of ketones is 1. The summed E-state index contributed by atoms with van der Waals surface area (Å²) in [5.74, 6) is -3.63. The number of aliphatic hydroxyl groups is 3. The summed E-state index contributed by atoms with van der Waals surface area (Å²) in [6.07, 6.45) is -10.3. The van der Waals surface area contributed by atoms with Crippen LogP contribution < -0.4 is 9.47 Å². The first-order chi connectivity index (χ1) is 15.6. The molecule has 7 N–H and O–H groups in total. The summed E-state index contributed by atoms with van der Waals surface area (Å²) < 4.78 is 16.2. The molecule has 0 radical (unpaired) electrons. The number of fused-ring (bicyclic) bond motifs is 1. The molecular weight excluding hydrogens is 444 g/mol. The van der Waals surface area contributed by atoms with Crippen LogP contribution in [-0.4, -0.2) is 78.2 Å². The van der Waals surface area contributed by atoms with E-state index < -0.39 is 60.1 Å². The van der Waals surface area contributed by atoms with Gasteiger partial charge in [-0.25, -0.2) is 4.79 Å². The molecule has 2 heterocycles. The molecule has 12 nitrogen and oxygen atoms in total. The topological polar surface area (TPSA) is 203 Å². The maximum Gasteiger partial charge on any atom is 0.335 e. The van der Waals surface area contributed by atoms with E-state index in [0.717, 1.165) is 6.07 Å². The average Bonchev–Trinajstić information content (AvgIpc) is 2.75. The van der Waals surface area contributed by atoms with Crippen LogP contribution in [-0.2, 0) is 9.53 Å². The predicted molar refractivity (Wildman–Crippen MR) is 105 cm³/mol. The van der Waals surface area contributed by atoms with Crippen LogP contribution in [0, 0.1) is 0 Å². The van der Waals surface area contributed by atoms with Gasteiger partial charge in [0.2, 0.25) is 6.29 Å². The molecule has 2 aromatic carbocycles. The summed E-state index contributed by atoms with van der Waals surface area (Å²) in [6, 6.07) is 6.12. The Morgan fingerprint density at radius 2 is 1.67 bits per heavy atom. The molecule has 176 valence electrons. The largest absolute Gasteiger partial charge is 0.507 e. The summed E-state index contributed by atoms with van der Waals surface area (Å²) in [7, 11) is 0. The summed E-state index contributed by atoms with van der Waals surface area (Å²) in [4.78, 5) is 23.9. The van der Waals surface area contributed by atoms with Gasteiger partial charge in [-0.05, 0) is 17.7 Å². The highest BCUT2D eigenvalue weighted by atomic mass is 16.7. The predicted octanol–water partition coefficient (Wildman–Crippen LogP) is -0.219. The number of aliphatic hydroxyl groups excluding tert-OH is 3. The molecule has 1 saturated heterocycles. The van der Waals surface area contributed by atoms with E-state index in [9.17, 15) is 40.2 Å². The number of benzene rings is 2. The van der Waals surface area contributed by atoms with Gasteiger partial charge in [-0.15, -0.1) is 0 Å². The van der Waals surface area contributed by atoms with Gasteiger partial charge in [-0.2, -0.15) is 0 Å². The fraction of sp³-hybridized carbons (Fsp3) is 0.333. The molecule has 0 saturated carbocycles. The number of carboxylic acid groups (broad SMARTS) is 1. The van der Waals surface area contributed by atoms with E-state index in [1.807, 2.05) is 0 Å². The van der Waals surface area contributed by atoms with Crippen LogP contribution in [0.5, 0.6) is 28.7 Å². The third kappa shape index (κ3) is 4.12. The minimum absolute atomic E-state index is 0.0977. The number of aliphatic carboxylic acids is 1. The highest BCUT2D eigenvalue weighted by Gasteiger charge is 2.48. The Labute approximate surface area is 185 Å². The summed E-state index contributed by atoms with van der Waals surface area (Å²) in [6.45, 7) is 0. The third-order valence-corrected chi connectivity index (χ3v) is 5.41. The van der Waals surface area contributed by atoms with Crippen molar-refractivity contribution in [3.8, 4) is 28.7 Å². The van der Waals surface area contributed by atoms with Gasteiger partial charge in [0.15, 0.2) is 23.4 Å². The molecule has 12 heteroatoms. The number of aromatic hydroxyl groups is 3. The molecular formula is C21H20O12. The fourth-order valence-corrected chi connectivity index (χ4v) is 3.69. The molecule has 0 aliphatic carbocycles. The number of Topliss-reactive ketones (excluding diaryl/α,β-unsaturated/α-hetero) is 1. The summed E-state index contributed by atoms with van der Waals surface area (Å²) in [5, 5.41) is 68.5. The molecule has 33 heavy (non-hydrogen) atoms. The van der Waals surface area contributed by atoms with Gasteiger partial charge < -0.3 is 50.0 Å². The smallest absolute Gasteiger partial charge is 0.335 e. The Morgan fingerprint density at radius 1 is 0.939 bits per heavy atom. The maximum atomic E-state index is 12.6. The third-order valence-electron chi connectivity index (χ3n) is 5.41. The second kappa shape index (κ2) is 8.41. The van der Waals surface area contributed by atoms with Crippen molar-refractivity contribution in [1.29, 1.82) is 0 Å². The molecule has 2 aromatic rings. The van der Waals surface area contributed by atoms with E-state index in [0.29, 0.717) is 5.56 Å². The Hall–Kier alpha value is -3.58. The molecule has 2 aliphatic heterocycles. The highest BCUT2D eigenvalue weighted by Crippen LogP contribution is 2.43. The minimum atomic E-state index is -1.90. The second-order valence-corrected chi connectivity index (χ2v) is 7.65. The van der Waals surface area contributed by atoms with E-state index in [2.05, 4.69) is 0 Å². The van der Waals surface area contributed by atoms with E-state index in [1.165, 1.54) is 24.3 Å². The van der Waals surface area contributed by atoms with Crippen LogP contribution in [0.15, 0.2) is 30.3 Å². The molecule has 0 bridgehead atoms. The minimum Gasteiger partial charge on any atom is -0.507 e. The van der Waals surface area contributed by atoms with E-state index in [1.54, 1.807) is 0 Å². The van der Waals surface area contributed by atoms with Crippen molar-refractivity contribution in [3.63, 3.8) is 0 Å². The second-order valence-electron chi connectivity index (χ2n) is 7.65. The van der Waals surface area contributed by atoms with Crippen LogP contribution in [0.3, 0.4) is 0 Å². The normalized spacial score (nSPS) is 29.1.